The van der Waals surface area contributed by atoms with Gasteiger partial charge in [-0.25, -0.2) is 8.78 Å². The van der Waals surface area contributed by atoms with E-state index in [1.54, 1.807) is 0 Å². The Morgan fingerprint density at radius 2 is 2.10 bits per heavy atom. The second-order valence-corrected chi connectivity index (χ2v) is 5.43. The van der Waals surface area contributed by atoms with Crippen LogP contribution in [0, 0.1) is 11.6 Å². The van der Waals surface area contributed by atoms with Crippen LogP contribution in [0.25, 0.3) is 0 Å². The Labute approximate surface area is 125 Å². The zero-order valence-corrected chi connectivity index (χ0v) is 12.3. The maximum Gasteiger partial charge on any atom is 0.257 e. The van der Waals surface area contributed by atoms with Gasteiger partial charge in [-0.15, -0.1) is 11.3 Å². The number of halogens is 2. The molecule has 1 amide bonds. The first-order chi connectivity index (χ1) is 10.1. The van der Waals surface area contributed by atoms with Gasteiger partial charge in [0.05, 0.1) is 18.7 Å². The molecule has 0 aliphatic rings. The van der Waals surface area contributed by atoms with Crippen molar-refractivity contribution in [3.8, 4) is 0 Å². The molecule has 0 unspecified atom stereocenters. The van der Waals surface area contributed by atoms with E-state index in [4.69, 9.17) is 4.74 Å². The minimum absolute atomic E-state index is 0.261. The highest BCUT2D eigenvalue weighted by Gasteiger charge is 2.21. The van der Waals surface area contributed by atoms with Crippen molar-refractivity contribution in [2.45, 2.75) is 6.54 Å². The number of benzene rings is 1. The number of hydrogen-bond donors (Lipinski definition) is 0. The molecule has 0 spiro atoms. The molecule has 6 heteroatoms. The minimum atomic E-state index is -1.11. The van der Waals surface area contributed by atoms with Crippen molar-refractivity contribution < 1.29 is 18.3 Å². The number of amides is 1. The molecule has 1 heterocycles. The first-order valence-corrected chi connectivity index (χ1v) is 7.26. The fourth-order valence-corrected chi connectivity index (χ4v) is 2.60. The molecule has 0 saturated heterocycles. The first kappa shape index (κ1) is 15.6. The van der Waals surface area contributed by atoms with Gasteiger partial charge in [-0.05, 0) is 23.6 Å². The molecule has 2 rings (SSSR count). The van der Waals surface area contributed by atoms with Crippen LogP contribution in [0.1, 0.15) is 15.2 Å². The standard InChI is InChI=1S/C15H15F2NO2S/c1-20-8-7-18(10-11-4-3-9-21-11)15(19)12-5-2-6-13(16)14(12)17/h2-6,9H,7-8,10H2,1H3. The summed E-state index contributed by atoms with van der Waals surface area (Å²) >= 11 is 1.50. The average Bonchev–Trinajstić information content (AvgIpc) is 2.98. The van der Waals surface area contributed by atoms with Crippen LogP contribution in [0.2, 0.25) is 0 Å². The average molecular weight is 311 g/mol. The van der Waals surface area contributed by atoms with Crippen LogP contribution in [0.5, 0.6) is 0 Å². The number of carbonyl (C=O) groups excluding carboxylic acids is 1. The zero-order chi connectivity index (χ0) is 15.2. The Hall–Kier alpha value is -1.79. The van der Waals surface area contributed by atoms with E-state index < -0.39 is 17.5 Å². The molecule has 1 aromatic carbocycles. The smallest absolute Gasteiger partial charge is 0.257 e. The van der Waals surface area contributed by atoms with Crippen LogP contribution in [0.15, 0.2) is 35.7 Å². The summed E-state index contributed by atoms with van der Waals surface area (Å²) in [4.78, 5) is 14.8. The van der Waals surface area contributed by atoms with Crippen LogP contribution >= 0.6 is 11.3 Å². The lowest BCUT2D eigenvalue weighted by Gasteiger charge is -2.22. The molecule has 112 valence electrons. The summed E-state index contributed by atoms with van der Waals surface area (Å²) in [6.45, 7) is 0.979. The molecule has 21 heavy (non-hydrogen) atoms. The number of nitrogens with zero attached hydrogens (tertiary/aromatic N) is 1. The highest BCUT2D eigenvalue weighted by Crippen LogP contribution is 2.17. The lowest BCUT2D eigenvalue weighted by molar-refractivity contribution is 0.0676. The van der Waals surface area contributed by atoms with E-state index in [9.17, 15) is 13.6 Å². The van der Waals surface area contributed by atoms with Crippen molar-refractivity contribution in [3.05, 3.63) is 57.8 Å². The van der Waals surface area contributed by atoms with Gasteiger partial charge in [0.1, 0.15) is 0 Å². The summed E-state index contributed by atoms with van der Waals surface area (Å²) in [7, 11) is 1.52. The molecule has 0 atom stereocenters. The van der Waals surface area contributed by atoms with Gasteiger partial charge < -0.3 is 9.64 Å². The van der Waals surface area contributed by atoms with E-state index in [0.29, 0.717) is 19.7 Å². The van der Waals surface area contributed by atoms with Crippen molar-refractivity contribution in [2.24, 2.45) is 0 Å². The summed E-state index contributed by atoms with van der Waals surface area (Å²) in [6, 6.07) is 7.37. The molecule has 3 nitrogen and oxygen atoms in total. The fraction of sp³-hybridized carbons (Fsp3) is 0.267. The molecule has 0 bridgehead atoms. The van der Waals surface area contributed by atoms with Crippen molar-refractivity contribution in [2.75, 3.05) is 20.3 Å². The summed E-state index contributed by atoms with van der Waals surface area (Å²) in [5.41, 5.74) is -0.261. The summed E-state index contributed by atoms with van der Waals surface area (Å²) < 4.78 is 32.0. The summed E-state index contributed by atoms with van der Waals surface area (Å²) in [5.74, 6) is -2.68. The highest BCUT2D eigenvalue weighted by atomic mass is 32.1. The summed E-state index contributed by atoms with van der Waals surface area (Å²) in [6.07, 6.45) is 0. The molecule has 0 saturated carbocycles. The lowest BCUT2D eigenvalue weighted by Crippen LogP contribution is -2.33. The van der Waals surface area contributed by atoms with Gasteiger partial charge >= 0.3 is 0 Å². The number of thiophene rings is 1. The Kier molecular flexibility index (Phi) is 5.41. The molecule has 0 N–H and O–H groups in total. The largest absolute Gasteiger partial charge is 0.383 e. The van der Waals surface area contributed by atoms with Crippen LogP contribution in [-0.2, 0) is 11.3 Å². The van der Waals surface area contributed by atoms with Gasteiger partial charge in [-0.1, -0.05) is 12.1 Å². The molecular formula is C15H15F2NO2S. The summed E-state index contributed by atoms with van der Waals surface area (Å²) in [5, 5.41) is 1.90. The van der Waals surface area contributed by atoms with Crippen LogP contribution < -0.4 is 0 Å². The van der Waals surface area contributed by atoms with Gasteiger partial charge in [-0.2, -0.15) is 0 Å². The van der Waals surface area contributed by atoms with Crippen LogP contribution in [0.3, 0.4) is 0 Å². The third-order valence-corrected chi connectivity index (χ3v) is 3.82. The quantitative estimate of drug-likeness (QED) is 0.819. The number of carbonyl (C=O) groups is 1. The third-order valence-electron chi connectivity index (χ3n) is 2.96. The Balaban J connectivity index is 2.22. The van der Waals surface area contributed by atoms with Crippen molar-refractivity contribution in [3.63, 3.8) is 0 Å². The molecule has 0 fully saturated rings. The Morgan fingerprint density at radius 3 is 2.76 bits per heavy atom. The maximum atomic E-state index is 13.8. The van der Waals surface area contributed by atoms with E-state index in [2.05, 4.69) is 0 Å². The molecule has 1 aromatic heterocycles. The third kappa shape index (κ3) is 3.86. The van der Waals surface area contributed by atoms with Crippen molar-refractivity contribution in [1.29, 1.82) is 0 Å². The van der Waals surface area contributed by atoms with Gasteiger partial charge in [0, 0.05) is 18.5 Å². The van der Waals surface area contributed by atoms with Gasteiger partial charge in [0.15, 0.2) is 11.6 Å². The normalized spacial score (nSPS) is 10.6. The number of hydrogen-bond acceptors (Lipinski definition) is 3. The Morgan fingerprint density at radius 1 is 1.29 bits per heavy atom. The van der Waals surface area contributed by atoms with E-state index >= 15 is 0 Å². The highest BCUT2D eigenvalue weighted by molar-refractivity contribution is 7.09. The minimum Gasteiger partial charge on any atom is -0.383 e. The monoisotopic (exact) mass is 311 g/mol. The number of rotatable bonds is 6. The molecule has 0 aliphatic carbocycles. The zero-order valence-electron chi connectivity index (χ0n) is 11.5. The van der Waals surface area contributed by atoms with E-state index in [0.717, 1.165) is 10.9 Å². The SMILES string of the molecule is COCCN(Cc1cccs1)C(=O)c1cccc(F)c1F. The molecule has 0 aliphatic heterocycles. The van der Waals surface area contributed by atoms with E-state index in [1.807, 2.05) is 17.5 Å². The predicted octanol–water partition coefficient (Wildman–Crippen LogP) is 3.32. The van der Waals surface area contributed by atoms with Gasteiger partial charge in [0.2, 0.25) is 0 Å². The topological polar surface area (TPSA) is 29.5 Å². The van der Waals surface area contributed by atoms with Crippen LogP contribution in [-0.4, -0.2) is 31.1 Å². The second kappa shape index (κ2) is 7.28. The molecule has 0 radical (unpaired) electrons. The fourth-order valence-electron chi connectivity index (χ4n) is 1.88. The first-order valence-electron chi connectivity index (χ1n) is 6.38. The van der Waals surface area contributed by atoms with E-state index in [-0.39, 0.29) is 5.56 Å². The van der Waals surface area contributed by atoms with Gasteiger partial charge in [-0.3, -0.25) is 4.79 Å². The van der Waals surface area contributed by atoms with Crippen LogP contribution in [0.4, 0.5) is 8.78 Å². The second-order valence-electron chi connectivity index (χ2n) is 4.40. The van der Waals surface area contributed by atoms with Crippen molar-refractivity contribution in [1.82, 2.24) is 4.90 Å². The van der Waals surface area contributed by atoms with Crippen molar-refractivity contribution >= 4 is 17.2 Å². The van der Waals surface area contributed by atoms with Gasteiger partial charge in [0.25, 0.3) is 5.91 Å². The molecule has 2 aromatic rings. The maximum absolute atomic E-state index is 13.8. The predicted molar refractivity (Wildman–Crippen MR) is 77.3 cm³/mol. The lowest BCUT2D eigenvalue weighted by atomic mass is 10.1. The van der Waals surface area contributed by atoms with E-state index in [1.165, 1.54) is 35.5 Å². The number of methoxy groups -OCH3 is 1. The number of ether oxygens (including phenoxy) is 1. The molecular weight excluding hydrogens is 296 g/mol. The Bertz CT molecular complexity index is 602.